The number of benzene rings is 2. The van der Waals surface area contributed by atoms with Gasteiger partial charge in [0.25, 0.3) is 0 Å². The van der Waals surface area contributed by atoms with Crippen LogP contribution in [-0.4, -0.2) is 11.1 Å². The minimum Gasteiger partial charge on any atom is -0.478 e. The summed E-state index contributed by atoms with van der Waals surface area (Å²) in [5.41, 5.74) is 1.83. The van der Waals surface area contributed by atoms with Crippen molar-refractivity contribution < 1.29 is 9.90 Å². The van der Waals surface area contributed by atoms with Crippen molar-refractivity contribution in [2.24, 2.45) is 0 Å². The largest absolute Gasteiger partial charge is 0.478 e. The van der Waals surface area contributed by atoms with Crippen LogP contribution in [0.5, 0.6) is 0 Å². The summed E-state index contributed by atoms with van der Waals surface area (Å²) in [4.78, 5) is 10.2. The van der Waals surface area contributed by atoms with Crippen molar-refractivity contribution in [2.45, 2.75) is 25.2 Å². The predicted molar refractivity (Wildman–Crippen MR) is 85.6 cm³/mol. The van der Waals surface area contributed by atoms with E-state index < -0.39 is 5.97 Å². The molecule has 108 valence electrons. The molecule has 3 rings (SSSR count). The van der Waals surface area contributed by atoms with Gasteiger partial charge in [0.1, 0.15) is 0 Å². The highest BCUT2D eigenvalue weighted by atomic mass is 16.4. The number of allylic oxidation sites excluding steroid dienone is 2. The second kappa shape index (κ2) is 8.05. The minimum atomic E-state index is -0.879. The summed E-state index contributed by atoms with van der Waals surface area (Å²) >= 11 is 0. The van der Waals surface area contributed by atoms with Crippen molar-refractivity contribution in [3.63, 3.8) is 0 Å². The molecule has 1 aliphatic carbocycles. The van der Waals surface area contributed by atoms with E-state index in [0.29, 0.717) is 5.56 Å². The third-order valence-electron chi connectivity index (χ3n) is 3.56. The van der Waals surface area contributed by atoms with Crippen molar-refractivity contribution in [1.82, 2.24) is 0 Å². The molecule has 1 atom stereocenters. The van der Waals surface area contributed by atoms with Crippen LogP contribution in [0.4, 0.5) is 0 Å². The normalized spacial score (nSPS) is 16.7. The molecule has 0 bridgehead atoms. The Labute approximate surface area is 125 Å². The highest BCUT2D eigenvalue weighted by Gasteiger charge is 2.10. The van der Waals surface area contributed by atoms with Gasteiger partial charge in [-0.25, -0.2) is 4.79 Å². The van der Waals surface area contributed by atoms with Gasteiger partial charge in [-0.15, -0.1) is 0 Å². The first-order valence-electron chi connectivity index (χ1n) is 7.25. The molecule has 0 saturated carbocycles. The Hall–Kier alpha value is -2.35. The first kappa shape index (κ1) is 15.0. The summed E-state index contributed by atoms with van der Waals surface area (Å²) in [7, 11) is 0. The van der Waals surface area contributed by atoms with Crippen LogP contribution < -0.4 is 0 Å². The molecule has 0 aromatic heterocycles. The molecule has 0 aliphatic heterocycles. The second-order valence-electron chi connectivity index (χ2n) is 5.06. The van der Waals surface area contributed by atoms with E-state index in [9.17, 15) is 4.79 Å². The molecule has 2 heteroatoms. The third-order valence-corrected chi connectivity index (χ3v) is 3.56. The topological polar surface area (TPSA) is 37.3 Å². The van der Waals surface area contributed by atoms with Gasteiger partial charge in [0.05, 0.1) is 5.56 Å². The highest BCUT2D eigenvalue weighted by molar-refractivity contribution is 5.87. The first-order valence-corrected chi connectivity index (χ1v) is 7.25. The van der Waals surface area contributed by atoms with Gasteiger partial charge in [-0.2, -0.15) is 0 Å². The van der Waals surface area contributed by atoms with Gasteiger partial charge in [-0.3, -0.25) is 0 Å². The molecule has 1 aliphatic rings. The molecule has 2 nitrogen and oxygen atoms in total. The maximum atomic E-state index is 10.2. The van der Waals surface area contributed by atoms with Gasteiger partial charge in [-0.05, 0) is 42.9 Å². The second-order valence-corrected chi connectivity index (χ2v) is 5.06. The summed E-state index contributed by atoms with van der Waals surface area (Å²) in [6.07, 6.45) is 8.39. The van der Waals surface area contributed by atoms with E-state index in [0.717, 1.165) is 5.92 Å². The smallest absolute Gasteiger partial charge is 0.335 e. The Bertz CT molecular complexity index is 573. The number of aromatic carboxylic acids is 1. The summed E-state index contributed by atoms with van der Waals surface area (Å²) in [5, 5.41) is 8.38. The monoisotopic (exact) mass is 280 g/mol. The van der Waals surface area contributed by atoms with Crippen LogP contribution in [0.3, 0.4) is 0 Å². The van der Waals surface area contributed by atoms with Crippen LogP contribution in [-0.2, 0) is 0 Å². The molecular weight excluding hydrogens is 260 g/mol. The minimum absolute atomic E-state index is 0.331. The van der Waals surface area contributed by atoms with Gasteiger partial charge in [0.2, 0.25) is 0 Å². The van der Waals surface area contributed by atoms with Crippen LogP contribution in [0.15, 0.2) is 72.8 Å². The lowest BCUT2D eigenvalue weighted by molar-refractivity contribution is 0.0697. The van der Waals surface area contributed by atoms with Crippen LogP contribution in [0.25, 0.3) is 0 Å². The van der Waals surface area contributed by atoms with E-state index in [1.807, 2.05) is 0 Å². The fourth-order valence-corrected chi connectivity index (χ4v) is 2.40. The number of carbonyl (C=O) groups is 1. The summed E-state index contributed by atoms with van der Waals surface area (Å²) in [5.74, 6) is -0.105. The summed E-state index contributed by atoms with van der Waals surface area (Å²) in [6, 6.07) is 19.1. The zero-order valence-electron chi connectivity index (χ0n) is 12.0. The van der Waals surface area contributed by atoms with Crippen molar-refractivity contribution in [3.05, 3.63) is 83.9 Å². The van der Waals surface area contributed by atoms with E-state index in [4.69, 9.17) is 5.11 Å². The van der Waals surface area contributed by atoms with E-state index in [-0.39, 0.29) is 0 Å². The fourth-order valence-electron chi connectivity index (χ4n) is 2.40. The average Bonchev–Trinajstić information content (AvgIpc) is 2.58. The van der Waals surface area contributed by atoms with E-state index in [1.54, 1.807) is 30.3 Å². The standard InChI is InChI=1S/C12H14.C7H6O2/c1-3-7-11(8-4-1)12-9-5-2-6-10-12;8-7(9)6-4-2-1-3-5-6/h1-5,7-8,12H,6,9-10H2;1-5H,(H,8,9). The van der Waals surface area contributed by atoms with Crippen molar-refractivity contribution in [3.8, 4) is 0 Å². The van der Waals surface area contributed by atoms with Crippen molar-refractivity contribution in [2.75, 3.05) is 0 Å². The summed E-state index contributed by atoms with van der Waals surface area (Å²) < 4.78 is 0. The third kappa shape index (κ3) is 4.92. The molecule has 2 aromatic rings. The predicted octanol–water partition coefficient (Wildman–Crippen LogP) is 4.90. The molecule has 1 unspecified atom stereocenters. The lowest BCUT2D eigenvalue weighted by atomic mass is 9.88. The van der Waals surface area contributed by atoms with Crippen molar-refractivity contribution >= 4 is 5.97 Å². The van der Waals surface area contributed by atoms with Crippen molar-refractivity contribution in [1.29, 1.82) is 0 Å². The molecule has 0 saturated heterocycles. The number of rotatable bonds is 2. The van der Waals surface area contributed by atoms with Gasteiger partial charge >= 0.3 is 5.97 Å². The Morgan fingerprint density at radius 2 is 1.52 bits per heavy atom. The number of hydrogen-bond acceptors (Lipinski definition) is 1. The first-order chi connectivity index (χ1) is 10.3. The maximum Gasteiger partial charge on any atom is 0.335 e. The average molecular weight is 280 g/mol. The lowest BCUT2D eigenvalue weighted by Gasteiger charge is -2.17. The van der Waals surface area contributed by atoms with Crippen LogP contribution in [0.1, 0.15) is 41.1 Å². The van der Waals surface area contributed by atoms with E-state index >= 15 is 0 Å². The molecule has 0 radical (unpaired) electrons. The van der Waals surface area contributed by atoms with Gasteiger partial charge < -0.3 is 5.11 Å². The molecule has 0 heterocycles. The number of hydrogen-bond donors (Lipinski definition) is 1. The van der Waals surface area contributed by atoms with Crippen LogP contribution in [0.2, 0.25) is 0 Å². The van der Waals surface area contributed by atoms with Gasteiger partial charge in [0.15, 0.2) is 0 Å². The SMILES string of the molecule is C1=CCC(c2ccccc2)CC1.O=C(O)c1ccccc1. The molecule has 1 N–H and O–H groups in total. The molecule has 21 heavy (non-hydrogen) atoms. The van der Waals surface area contributed by atoms with Gasteiger partial charge in [-0.1, -0.05) is 60.7 Å². The fraction of sp³-hybridized carbons (Fsp3) is 0.211. The van der Waals surface area contributed by atoms with E-state index in [2.05, 4.69) is 42.5 Å². The van der Waals surface area contributed by atoms with Crippen LogP contribution >= 0.6 is 0 Å². The molecular formula is C19H20O2. The maximum absolute atomic E-state index is 10.2. The Balaban J connectivity index is 0.000000161. The molecule has 0 fully saturated rings. The van der Waals surface area contributed by atoms with E-state index in [1.165, 1.54) is 24.8 Å². The molecule has 0 amide bonds. The summed E-state index contributed by atoms with van der Waals surface area (Å²) in [6.45, 7) is 0. The zero-order valence-corrected chi connectivity index (χ0v) is 12.0. The Morgan fingerprint density at radius 3 is 2.00 bits per heavy atom. The lowest BCUT2D eigenvalue weighted by Crippen LogP contribution is -1.99. The number of carboxylic acids is 1. The zero-order chi connectivity index (χ0) is 14.9. The molecule has 2 aromatic carbocycles. The quantitative estimate of drug-likeness (QED) is 0.795. The molecule has 0 spiro atoms. The Kier molecular flexibility index (Phi) is 5.77. The van der Waals surface area contributed by atoms with Crippen LogP contribution in [0, 0.1) is 0 Å². The highest BCUT2D eigenvalue weighted by Crippen LogP contribution is 2.28. The Morgan fingerprint density at radius 1 is 0.905 bits per heavy atom. The number of carboxylic acid groups (broad SMARTS) is 1. The van der Waals surface area contributed by atoms with Gasteiger partial charge in [0, 0.05) is 0 Å².